The Kier molecular flexibility index (Phi) is 1.99. The Morgan fingerprint density at radius 2 is 2.60 bits per heavy atom. The van der Waals surface area contributed by atoms with E-state index in [-0.39, 0.29) is 0 Å². The highest BCUT2D eigenvalue weighted by atomic mass is 15.3. The first kappa shape index (κ1) is 6.74. The van der Waals surface area contributed by atoms with E-state index < -0.39 is 0 Å². The molecule has 0 radical (unpaired) electrons. The summed E-state index contributed by atoms with van der Waals surface area (Å²) < 4.78 is 1.73. The second kappa shape index (κ2) is 2.96. The summed E-state index contributed by atoms with van der Waals surface area (Å²) in [5.74, 6) is 0. The average molecular weight is 135 g/mol. The molecular weight excluding hydrogens is 126 g/mol. The van der Waals surface area contributed by atoms with Crippen molar-refractivity contribution in [3.8, 4) is 0 Å². The van der Waals surface area contributed by atoms with Crippen LogP contribution in [0, 0.1) is 6.92 Å². The third-order valence-electron chi connectivity index (χ3n) is 1.18. The van der Waals surface area contributed by atoms with Gasteiger partial charge in [-0.3, -0.25) is 4.99 Å². The summed E-state index contributed by atoms with van der Waals surface area (Å²) in [6, 6.07) is 1.92. The third kappa shape index (κ3) is 1.31. The lowest BCUT2D eigenvalue weighted by Gasteiger charge is -1.91. The molecule has 0 unspecified atom stereocenters. The number of aliphatic imine (C=N–C) groups is 1. The molecule has 1 rings (SSSR count). The van der Waals surface area contributed by atoms with Crippen LogP contribution in [0.2, 0.25) is 0 Å². The zero-order valence-electron chi connectivity index (χ0n) is 5.86. The van der Waals surface area contributed by atoms with E-state index in [1.54, 1.807) is 23.3 Å². The van der Waals surface area contributed by atoms with Crippen molar-refractivity contribution in [2.45, 2.75) is 6.92 Å². The fourth-order valence-corrected chi connectivity index (χ4v) is 0.647. The lowest BCUT2D eigenvalue weighted by Crippen LogP contribution is -1.89. The van der Waals surface area contributed by atoms with Gasteiger partial charge in [-0.05, 0) is 19.7 Å². The van der Waals surface area contributed by atoms with Crippen molar-refractivity contribution in [3.05, 3.63) is 24.2 Å². The summed E-state index contributed by atoms with van der Waals surface area (Å²) in [7, 11) is 0. The van der Waals surface area contributed by atoms with E-state index >= 15 is 0 Å². The quantitative estimate of drug-likeness (QED) is 0.562. The summed E-state index contributed by atoms with van der Waals surface area (Å²) in [5.41, 5.74) is 1.08. The fraction of sp³-hybridized carbons (Fsp3) is 0.143. The van der Waals surface area contributed by atoms with Gasteiger partial charge in [-0.25, -0.2) is 4.68 Å². The second-order valence-electron chi connectivity index (χ2n) is 1.90. The van der Waals surface area contributed by atoms with E-state index in [2.05, 4.69) is 16.8 Å². The topological polar surface area (TPSA) is 30.2 Å². The van der Waals surface area contributed by atoms with Crippen LogP contribution >= 0.6 is 0 Å². The van der Waals surface area contributed by atoms with E-state index in [9.17, 15) is 0 Å². The molecule has 0 spiro atoms. The highest BCUT2D eigenvalue weighted by molar-refractivity contribution is 5.31. The van der Waals surface area contributed by atoms with Gasteiger partial charge in [-0.15, -0.1) is 0 Å². The molecule has 0 saturated carbocycles. The van der Waals surface area contributed by atoms with Crippen LogP contribution in [-0.2, 0) is 0 Å². The van der Waals surface area contributed by atoms with E-state index in [0.29, 0.717) is 0 Å². The van der Waals surface area contributed by atoms with Crippen LogP contribution < -0.4 is 0 Å². The summed E-state index contributed by atoms with van der Waals surface area (Å²) in [6.45, 7) is 5.28. The van der Waals surface area contributed by atoms with E-state index in [4.69, 9.17) is 0 Å². The fourth-order valence-electron chi connectivity index (χ4n) is 0.647. The lowest BCUT2D eigenvalue weighted by atomic mass is 10.5. The molecule has 1 aromatic heterocycles. The van der Waals surface area contributed by atoms with Gasteiger partial charge in [0.15, 0.2) is 0 Å². The van der Waals surface area contributed by atoms with Crippen LogP contribution in [0.25, 0.3) is 6.20 Å². The molecular formula is C7H9N3. The molecule has 0 aromatic carbocycles. The van der Waals surface area contributed by atoms with Crippen molar-refractivity contribution in [1.29, 1.82) is 0 Å². The van der Waals surface area contributed by atoms with Gasteiger partial charge in [-0.1, -0.05) is 0 Å². The van der Waals surface area contributed by atoms with Gasteiger partial charge < -0.3 is 0 Å². The highest BCUT2D eigenvalue weighted by Gasteiger charge is 1.88. The first-order valence-corrected chi connectivity index (χ1v) is 2.97. The molecule has 10 heavy (non-hydrogen) atoms. The number of hydrogen-bond acceptors (Lipinski definition) is 2. The minimum Gasteiger partial charge on any atom is -0.271 e. The van der Waals surface area contributed by atoms with Crippen LogP contribution in [0.4, 0.5) is 0 Å². The maximum absolute atomic E-state index is 4.00. The summed E-state index contributed by atoms with van der Waals surface area (Å²) >= 11 is 0. The molecule has 0 N–H and O–H groups in total. The molecule has 0 aliphatic carbocycles. The lowest BCUT2D eigenvalue weighted by molar-refractivity contribution is 0.896. The molecule has 0 amide bonds. The largest absolute Gasteiger partial charge is 0.271 e. The van der Waals surface area contributed by atoms with Gasteiger partial charge in [0.25, 0.3) is 0 Å². The van der Waals surface area contributed by atoms with Crippen LogP contribution in [0.3, 0.4) is 0 Å². The Balaban J connectivity index is 2.83. The summed E-state index contributed by atoms with van der Waals surface area (Å²) in [6.07, 6.45) is 5.09. The van der Waals surface area contributed by atoms with Crippen molar-refractivity contribution in [2.75, 3.05) is 0 Å². The zero-order valence-corrected chi connectivity index (χ0v) is 5.86. The number of aryl methyl sites for hydroxylation is 1. The van der Waals surface area contributed by atoms with E-state index in [1.165, 1.54) is 0 Å². The summed E-state index contributed by atoms with van der Waals surface area (Å²) in [4.78, 5) is 3.56. The molecule has 1 heterocycles. The van der Waals surface area contributed by atoms with Crippen molar-refractivity contribution in [2.24, 2.45) is 4.99 Å². The van der Waals surface area contributed by atoms with E-state index in [1.807, 2.05) is 13.0 Å². The SMILES string of the molecule is C=N/C=C\n1nccc1C. The smallest absolute Gasteiger partial charge is 0.0496 e. The molecule has 3 nitrogen and oxygen atoms in total. The van der Waals surface area contributed by atoms with Gasteiger partial charge in [0.2, 0.25) is 0 Å². The summed E-state index contributed by atoms with van der Waals surface area (Å²) in [5, 5.41) is 4.00. The Labute approximate surface area is 59.7 Å². The molecule has 0 atom stereocenters. The molecule has 0 aliphatic rings. The number of aromatic nitrogens is 2. The first-order valence-electron chi connectivity index (χ1n) is 2.97. The predicted molar refractivity (Wildman–Crippen MR) is 41.8 cm³/mol. The molecule has 3 heteroatoms. The molecule has 0 bridgehead atoms. The first-order chi connectivity index (χ1) is 4.84. The second-order valence-corrected chi connectivity index (χ2v) is 1.90. The monoisotopic (exact) mass is 135 g/mol. The highest BCUT2D eigenvalue weighted by Crippen LogP contribution is 1.95. The standard InChI is InChI=1S/C7H9N3/c1-7-3-4-9-10(7)6-5-8-2/h3-6H,2H2,1H3/b6-5-. The van der Waals surface area contributed by atoms with Crippen molar-refractivity contribution >= 4 is 12.9 Å². The molecule has 1 aromatic rings. The normalized spacial score (nSPS) is 10.5. The molecule has 52 valence electrons. The third-order valence-corrected chi connectivity index (χ3v) is 1.18. The van der Waals surface area contributed by atoms with Gasteiger partial charge in [0.05, 0.1) is 0 Å². The van der Waals surface area contributed by atoms with Gasteiger partial charge in [-0.2, -0.15) is 5.10 Å². The molecule has 0 aliphatic heterocycles. The Morgan fingerprint density at radius 1 is 1.80 bits per heavy atom. The Hall–Kier alpha value is -1.38. The predicted octanol–water partition coefficient (Wildman–Crippen LogP) is 1.32. The van der Waals surface area contributed by atoms with Gasteiger partial charge in [0, 0.05) is 24.3 Å². The average Bonchev–Trinajstić information content (AvgIpc) is 2.31. The minimum atomic E-state index is 1.08. The van der Waals surface area contributed by atoms with Crippen LogP contribution in [0.1, 0.15) is 5.69 Å². The molecule has 0 fully saturated rings. The van der Waals surface area contributed by atoms with Gasteiger partial charge >= 0.3 is 0 Å². The van der Waals surface area contributed by atoms with E-state index in [0.717, 1.165) is 5.69 Å². The zero-order chi connectivity index (χ0) is 7.40. The van der Waals surface area contributed by atoms with Gasteiger partial charge in [0.1, 0.15) is 0 Å². The van der Waals surface area contributed by atoms with Crippen molar-refractivity contribution in [3.63, 3.8) is 0 Å². The van der Waals surface area contributed by atoms with Crippen molar-refractivity contribution < 1.29 is 0 Å². The van der Waals surface area contributed by atoms with Crippen molar-refractivity contribution in [1.82, 2.24) is 9.78 Å². The van der Waals surface area contributed by atoms with Crippen LogP contribution in [0.5, 0.6) is 0 Å². The maximum Gasteiger partial charge on any atom is 0.0496 e. The Bertz CT molecular complexity index is 247. The minimum absolute atomic E-state index is 1.08. The number of hydrogen-bond donors (Lipinski definition) is 0. The number of nitrogens with zero attached hydrogens (tertiary/aromatic N) is 3. The number of rotatable bonds is 2. The Morgan fingerprint density at radius 3 is 3.10 bits per heavy atom. The maximum atomic E-state index is 4.00. The van der Waals surface area contributed by atoms with Crippen LogP contribution in [-0.4, -0.2) is 16.5 Å². The molecule has 0 saturated heterocycles. The van der Waals surface area contributed by atoms with Crippen LogP contribution in [0.15, 0.2) is 23.5 Å².